The summed E-state index contributed by atoms with van der Waals surface area (Å²) < 4.78 is 25.6. The number of carbonyl (C=O) groups excluding carboxylic acids is 1. The van der Waals surface area contributed by atoms with Crippen LogP contribution < -0.4 is 5.32 Å². The van der Waals surface area contributed by atoms with Crippen molar-refractivity contribution in [3.05, 3.63) is 29.8 Å². The minimum Gasteiger partial charge on any atom is -0.352 e. The monoisotopic (exact) mass is 404 g/mol. The highest BCUT2D eigenvalue weighted by Gasteiger charge is 2.62. The fourth-order valence-electron chi connectivity index (χ4n) is 7.06. The van der Waals surface area contributed by atoms with Crippen LogP contribution in [0.1, 0.15) is 57.9 Å². The Labute approximate surface area is 168 Å². The van der Waals surface area contributed by atoms with Crippen molar-refractivity contribution in [2.75, 3.05) is 14.1 Å². The maximum Gasteiger partial charge on any atom is 0.242 e. The molecule has 4 saturated carbocycles. The predicted octanol–water partition coefficient (Wildman–Crippen LogP) is 3.55. The lowest BCUT2D eigenvalue weighted by atomic mass is 9.40. The molecule has 0 radical (unpaired) electrons. The Hall–Kier alpha value is -1.40. The lowest BCUT2D eigenvalue weighted by Gasteiger charge is -2.64. The zero-order valence-electron chi connectivity index (χ0n) is 17.4. The van der Waals surface area contributed by atoms with Crippen molar-refractivity contribution in [2.45, 2.75) is 63.8 Å². The van der Waals surface area contributed by atoms with Crippen LogP contribution in [-0.4, -0.2) is 32.7 Å². The normalized spacial score (nSPS) is 36.7. The number of sulfonamides is 1. The second-order valence-corrected chi connectivity index (χ2v) is 12.7. The van der Waals surface area contributed by atoms with E-state index in [9.17, 15) is 13.2 Å². The third-order valence-electron chi connectivity index (χ3n) is 7.26. The highest BCUT2D eigenvalue weighted by atomic mass is 32.2. The van der Waals surface area contributed by atoms with Crippen LogP contribution >= 0.6 is 0 Å². The zero-order valence-corrected chi connectivity index (χ0v) is 18.2. The molecule has 4 bridgehead atoms. The number of nitrogens with one attached hydrogen (secondary N) is 1. The Morgan fingerprint density at radius 2 is 1.61 bits per heavy atom. The van der Waals surface area contributed by atoms with Crippen LogP contribution in [0.4, 0.5) is 0 Å². The summed E-state index contributed by atoms with van der Waals surface area (Å²) in [5.41, 5.74) is 1.34. The highest BCUT2D eigenvalue weighted by molar-refractivity contribution is 7.89. The van der Waals surface area contributed by atoms with Gasteiger partial charge < -0.3 is 5.32 Å². The van der Waals surface area contributed by atoms with Gasteiger partial charge in [0.2, 0.25) is 15.9 Å². The topological polar surface area (TPSA) is 66.5 Å². The van der Waals surface area contributed by atoms with Gasteiger partial charge in [-0.25, -0.2) is 12.7 Å². The van der Waals surface area contributed by atoms with Crippen LogP contribution in [0.25, 0.3) is 0 Å². The number of carbonyl (C=O) groups is 1. The van der Waals surface area contributed by atoms with E-state index in [2.05, 4.69) is 19.2 Å². The molecule has 28 heavy (non-hydrogen) atoms. The predicted molar refractivity (Wildman–Crippen MR) is 109 cm³/mol. The summed E-state index contributed by atoms with van der Waals surface area (Å²) in [4.78, 5) is 13.5. The molecule has 1 aromatic rings. The van der Waals surface area contributed by atoms with Gasteiger partial charge in [-0.1, -0.05) is 26.0 Å². The third-order valence-corrected chi connectivity index (χ3v) is 9.09. The number of hydrogen-bond donors (Lipinski definition) is 1. The van der Waals surface area contributed by atoms with Crippen molar-refractivity contribution < 1.29 is 13.2 Å². The molecule has 1 amide bonds. The molecule has 5 nitrogen and oxygen atoms in total. The van der Waals surface area contributed by atoms with Gasteiger partial charge in [-0.05, 0) is 73.0 Å². The van der Waals surface area contributed by atoms with Crippen molar-refractivity contribution in [2.24, 2.45) is 22.2 Å². The zero-order chi connectivity index (χ0) is 20.4. The molecule has 4 aliphatic rings. The van der Waals surface area contributed by atoms with Crippen LogP contribution in [0.5, 0.6) is 0 Å². The first kappa shape index (κ1) is 19.9. The van der Waals surface area contributed by atoms with Crippen molar-refractivity contribution in [1.29, 1.82) is 0 Å². The molecule has 2 atom stereocenters. The molecule has 0 aliphatic heterocycles. The summed E-state index contributed by atoms with van der Waals surface area (Å²) in [6.45, 7) is 5.20. The molecule has 0 heterocycles. The minimum atomic E-state index is -3.42. The van der Waals surface area contributed by atoms with Crippen LogP contribution in [0.15, 0.2) is 29.2 Å². The standard InChI is InChI=1S/C22H32N2O3S/c1-20-9-17-10-21(2,13-20)15-22(11-17,14-20)19(25)23-12-16-5-7-18(8-6-16)28(26,27)24(3)4/h5-8,17H,9-15H2,1-4H3,(H,23,25). The fraction of sp³-hybridized carbons (Fsp3) is 0.682. The Morgan fingerprint density at radius 3 is 2.11 bits per heavy atom. The van der Waals surface area contributed by atoms with E-state index in [4.69, 9.17) is 0 Å². The van der Waals surface area contributed by atoms with E-state index in [0.717, 1.165) is 24.8 Å². The molecule has 5 rings (SSSR count). The largest absolute Gasteiger partial charge is 0.352 e. The SMILES string of the molecule is CN(C)S(=O)(=O)c1ccc(CNC(=O)C23CC4CC(C)(CC(C)(C4)C2)C3)cc1. The van der Waals surface area contributed by atoms with E-state index in [1.165, 1.54) is 37.7 Å². The van der Waals surface area contributed by atoms with Gasteiger partial charge in [0.05, 0.1) is 10.3 Å². The van der Waals surface area contributed by atoms with E-state index in [0.29, 0.717) is 23.3 Å². The summed E-state index contributed by atoms with van der Waals surface area (Å²) in [6.07, 6.45) is 6.87. The van der Waals surface area contributed by atoms with Gasteiger partial charge in [0.25, 0.3) is 0 Å². The molecule has 2 unspecified atom stereocenters. The second-order valence-electron chi connectivity index (χ2n) is 10.5. The van der Waals surface area contributed by atoms with E-state index in [1.54, 1.807) is 24.3 Å². The molecule has 1 N–H and O–H groups in total. The lowest BCUT2D eigenvalue weighted by Crippen LogP contribution is -2.59. The van der Waals surface area contributed by atoms with Crippen LogP contribution in [-0.2, 0) is 21.4 Å². The molecule has 4 aliphatic carbocycles. The number of nitrogens with zero attached hydrogens (tertiary/aromatic N) is 1. The van der Waals surface area contributed by atoms with Crippen LogP contribution in [0, 0.1) is 22.2 Å². The molecule has 0 saturated heterocycles. The average Bonchev–Trinajstić information content (AvgIpc) is 2.56. The van der Waals surface area contributed by atoms with E-state index in [1.807, 2.05) is 0 Å². The van der Waals surface area contributed by atoms with Crippen molar-refractivity contribution in [3.63, 3.8) is 0 Å². The number of hydrogen-bond acceptors (Lipinski definition) is 3. The molecule has 6 heteroatoms. The van der Waals surface area contributed by atoms with Crippen molar-refractivity contribution in [3.8, 4) is 0 Å². The first-order valence-corrected chi connectivity index (χ1v) is 11.7. The molecule has 4 fully saturated rings. The number of rotatable bonds is 5. The number of amides is 1. The van der Waals surface area contributed by atoms with Gasteiger partial charge in [-0.2, -0.15) is 0 Å². The average molecular weight is 405 g/mol. The van der Waals surface area contributed by atoms with Crippen molar-refractivity contribution in [1.82, 2.24) is 9.62 Å². The fourth-order valence-corrected chi connectivity index (χ4v) is 7.96. The van der Waals surface area contributed by atoms with E-state index < -0.39 is 10.0 Å². The molecule has 0 spiro atoms. The Morgan fingerprint density at radius 1 is 1.04 bits per heavy atom. The second kappa shape index (κ2) is 6.30. The summed E-state index contributed by atoms with van der Waals surface area (Å²) in [6, 6.07) is 6.81. The van der Waals surface area contributed by atoms with Crippen molar-refractivity contribution >= 4 is 15.9 Å². The molecule has 1 aromatic carbocycles. The molecule has 0 aromatic heterocycles. The van der Waals surface area contributed by atoms with Crippen LogP contribution in [0.2, 0.25) is 0 Å². The third kappa shape index (κ3) is 3.28. The quantitative estimate of drug-likeness (QED) is 0.816. The maximum atomic E-state index is 13.3. The van der Waals surface area contributed by atoms with E-state index >= 15 is 0 Å². The summed E-state index contributed by atoms with van der Waals surface area (Å²) >= 11 is 0. The van der Waals surface area contributed by atoms with E-state index in [-0.39, 0.29) is 16.2 Å². The molecular weight excluding hydrogens is 372 g/mol. The van der Waals surface area contributed by atoms with Gasteiger partial charge in [0.1, 0.15) is 0 Å². The van der Waals surface area contributed by atoms with Gasteiger partial charge in [0, 0.05) is 20.6 Å². The minimum absolute atomic E-state index is 0.194. The van der Waals surface area contributed by atoms with Gasteiger partial charge >= 0.3 is 0 Å². The first-order valence-electron chi connectivity index (χ1n) is 10.3. The molecular formula is C22H32N2O3S. The Kier molecular flexibility index (Phi) is 4.47. The van der Waals surface area contributed by atoms with Gasteiger partial charge in [-0.15, -0.1) is 0 Å². The summed E-state index contributed by atoms with van der Waals surface area (Å²) in [7, 11) is -0.376. The maximum absolute atomic E-state index is 13.3. The molecule has 154 valence electrons. The lowest BCUT2D eigenvalue weighted by molar-refractivity contribution is -0.170. The van der Waals surface area contributed by atoms with Crippen LogP contribution in [0.3, 0.4) is 0 Å². The number of benzene rings is 1. The van der Waals surface area contributed by atoms with Gasteiger partial charge in [0.15, 0.2) is 0 Å². The summed E-state index contributed by atoms with van der Waals surface area (Å²) in [5.74, 6) is 0.881. The Balaban J connectivity index is 1.45. The highest BCUT2D eigenvalue weighted by Crippen LogP contribution is 2.69. The van der Waals surface area contributed by atoms with Gasteiger partial charge in [-0.3, -0.25) is 4.79 Å². The smallest absolute Gasteiger partial charge is 0.242 e. The first-order chi connectivity index (χ1) is 13.0. The summed E-state index contributed by atoms with van der Waals surface area (Å²) in [5, 5.41) is 3.17. The Bertz CT molecular complexity index is 873.